The minimum atomic E-state index is -0.431. The van der Waals surface area contributed by atoms with E-state index in [1.54, 1.807) is 0 Å². The first kappa shape index (κ1) is 23.2. The molecule has 0 spiro atoms. The van der Waals surface area contributed by atoms with E-state index in [0.29, 0.717) is 0 Å². The summed E-state index contributed by atoms with van der Waals surface area (Å²) in [5, 5.41) is 2.08. The molecule has 1 fully saturated rings. The second kappa shape index (κ2) is 8.41. The van der Waals surface area contributed by atoms with Gasteiger partial charge in [-0.25, -0.2) is 4.72 Å². The van der Waals surface area contributed by atoms with Crippen LogP contribution in [-0.4, -0.2) is 37.4 Å². The Balaban J connectivity index is 1.58. The van der Waals surface area contributed by atoms with E-state index >= 15 is 0 Å². The van der Waals surface area contributed by atoms with Crippen LogP contribution in [0.5, 0.6) is 0 Å². The Morgan fingerprint density at radius 2 is 1.59 bits per heavy atom. The highest BCUT2D eigenvalue weighted by atomic mass is 32.2. The van der Waals surface area contributed by atoms with Crippen molar-refractivity contribution in [2.24, 2.45) is 5.92 Å². The third-order valence-electron chi connectivity index (χ3n) is 6.42. The number of carbonyl (C=O) groups excluding carboxylic acids is 1. The van der Waals surface area contributed by atoms with Gasteiger partial charge in [0, 0.05) is 15.7 Å². The number of ether oxygens (including phenoxy) is 1. The summed E-state index contributed by atoms with van der Waals surface area (Å²) in [6, 6.07) is 11.7. The first-order valence-electron chi connectivity index (χ1n) is 10.8. The van der Waals surface area contributed by atoms with E-state index in [1.165, 1.54) is 19.1 Å². The molecule has 170 valence electrons. The molecule has 1 aliphatic rings. The smallest absolute Gasteiger partial charge is 0.468 e. The van der Waals surface area contributed by atoms with Crippen molar-refractivity contribution in [2.45, 2.75) is 63.7 Å². The minimum Gasteiger partial charge on any atom is -0.468 e. The molecule has 2 aromatic carbocycles. The molecule has 2 heterocycles. The molecular formula is C24H30BNO5S. The van der Waals surface area contributed by atoms with Crippen molar-refractivity contribution in [3.8, 4) is 0 Å². The van der Waals surface area contributed by atoms with Gasteiger partial charge >= 0.3 is 13.1 Å². The molecule has 0 bridgehead atoms. The van der Waals surface area contributed by atoms with Crippen molar-refractivity contribution >= 4 is 52.4 Å². The lowest BCUT2D eigenvalue weighted by atomic mass is 9.79. The number of fused-ring (bicyclic) bond motifs is 3. The average molecular weight is 455 g/mol. The molecule has 1 saturated heterocycles. The molecule has 4 rings (SSSR count). The van der Waals surface area contributed by atoms with Crippen LogP contribution < -0.4 is 10.2 Å². The molecule has 1 aromatic heterocycles. The summed E-state index contributed by atoms with van der Waals surface area (Å²) in [5.41, 5.74) is 1.73. The molecule has 0 saturated carbocycles. The third kappa shape index (κ3) is 4.17. The van der Waals surface area contributed by atoms with Gasteiger partial charge in [0.1, 0.15) is 17.2 Å². The summed E-state index contributed by atoms with van der Waals surface area (Å²) in [6.07, 6.45) is 0. The Morgan fingerprint density at radius 3 is 2.19 bits per heavy atom. The zero-order valence-corrected chi connectivity index (χ0v) is 20.5. The normalized spacial score (nSPS) is 18.6. The molecule has 0 radical (unpaired) electrons. The Labute approximate surface area is 193 Å². The predicted octanol–water partition coefficient (Wildman–Crippen LogP) is 4.68. The molecule has 32 heavy (non-hydrogen) atoms. The van der Waals surface area contributed by atoms with Crippen LogP contribution >= 0.6 is 11.9 Å². The number of esters is 1. The molecule has 3 aromatic rings. The second-order valence-corrected chi connectivity index (χ2v) is 10.5. The van der Waals surface area contributed by atoms with Gasteiger partial charge in [0.2, 0.25) is 0 Å². The fraction of sp³-hybridized carbons (Fsp3) is 0.458. The summed E-state index contributed by atoms with van der Waals surface area (Å²) < 4.78 is 26.6. The van der Waals surface area contributed by atoms with Crippen LogP contribution in [0.25, 0.3) is 21.9 Å². The number of benzene rings is 2. The Morgan fingerprint density at radius 1 is 1.00 bits per heavy atom. The van der Waals surface area contributed by atoms with E-state index in [-0.39, 0.29) is 17.9 Å². The fourth-order valence-corrected chi connectivity index (χ4v) is 4.61. The van der Waals surface area contributed by atoms with Crippen LogP contribution in [0.2, 0.25) is 0 Å². The topological polar surface area (TPSA) is 69.9 Å². The Hall–Kier alpha value is -2.00. The average Bonchev–Trinajstić information content (AvgIpc) is 3.19. The molecule has 1 aliphatic heterocycles. The number of rotatable bonds is 6. The van der Waals surface area contributed by atoms with Crippen LogP contribution in [0, 0.1) is 5.92 Å². The van der Waals surface area contributed by atoms with Gasteiger partial charge in [-0.1, -0.05) is 26.0 Å². The summed E-state index contributed by atoms with van der Waals surface area (Å²) in [6.45, 7) is 12.1. The second-order valence-electron chi connectivity index (χ2n) is 9.57. The van der Waals surface area contributed by atoms with E-state index < -0.39 is 18.3 Å². The lowest BCUT2D eigenvalue weighted by Crippen LogP contribution is -2.41. The Bertz CT molecular complexity index is 1140. The summed E-state index contributed by atoms with van der Waals surface area (Å²) in [5.74, 6) is -0.161. The molecule has 0 amide bonds. The maximum absolute atomic E-state index is 12.0. The van der Waals surface area contributed by atoms with Gasteiger partial charge in [-0.3, -0.25) is 4.79 Å². The molecular weight excluding hydrogens is 425 g/mol. The predicted molar refractivity (Wildman–Crippen MR) is 129 cm³/mol. The number of methoxy groups -OCH3 is 1. The van der Waals surface area contributed by atoms with Crippen molar-refractivity contribution in [1.29, 1.82) is 0 Å². The number of carbonyl (C=O) groups is 1. The summed E-state index contributed by atoms with van der Waals surface area (Å²) >= 11 is 1.40. The maximum Gasteiger partial charge on any atom is 0.494 e. The number of hydrogen-bond acceptors (Lipinski definition) is 7. The lowest BCUT2D eigenvalue weighted by Gasteiger charge is -2.32. The van der Waals surface area contributed by atoms with Gasteiger partial charge in [-0.15, -0.1) is 0 Å². The largest absolute Gasteiger partial charge is 0.494 e. The van der Waals surface area contributed by atoms with Crippen LogP contribution in [0.15, 0.2) is 45.7 Å². The molecule has 0 aliphatic carbocycles. The maximum atomic E-state index is 12.0. The van der Waals surface area contributed by atoms with Crippen LogP contribution in [0.1, 0.15) is 41.5 Å². The van der Waals surface area contributed by atoms with Crippen molar-refractivity contribution in [3.05, 3.63) is 36.4 Å². The summed E-state index contributed by atoms with van der Waals surface area (Å²) in [7, 11) is 0.974. The first-order chi connectivity index (χ1) is 15.0. The van der Waals surface area contributed by atoms with Crippen LogP contribution in [0.3, 0.4) is 0 Å². The van der Waals surface area contributed by atoms with E-state index in [4.69, 9.17) is 18.5 Å². The molecule has 6 nitrogen and oxygen atoms in total. The van der Waals surface area contributed by atoms with E-state index in [2.05, 4.69) is 10.8 Å². The van der Waals surface area contributed by atoms with Gasteiger partial charge in [-0.05, 0) is 75.3 Å². The quantitative estimate of drug-likeness (QED) is 0.329. The highest BCUT2D eigenvalue weighted by Gasteiger charge is 2.51. The SMILES string of the molecule is COC(=O)C(NSc1ccc2c(c1)oc1cc(B3OC(C)(C)C(C)(C)O3)ccc12)C(C)C. The highest BCUT2D eigenvalue weighted by Crippen LogP contribution is 2.37. The zero-order valence-electron chi connectivity index (χ0n) is 19.6. The van der Waals surface area contributed by atoms with Crippen molar-refractivity contribution in [1.82, 2.24) is 4.72 Å². The van der Waals surface area contributed by atoms with Gasteiger partial charge in [-0.2, -0.15) is 0 Å². The number of hydrogen-bond donors (Lipinski definition) is 1. The third-order valence-corrected chi connectivity index (χ3v) is 7.28. The number of furan rings is 1. The highest BCUT2D eigenvalue weighted by molar-refractivity contribution is 7.97. The fourth-order valence-electron chi connectivity index (χ4n) is 3.68. The van der Waals surface area contributed by atoms with E-state index in [1.807, 2.05) is 71.9 Å². The van der Waals surface area contributed by atoms with Gasteiger partial charge in [0.05, 0.1) is 18.3 Å². The van der Waals surface area contributed by atoms with Crippen molar-refractivity contribution < 1.29 is 23.3 Å². The molecule has 1 atom stereocenters. The van der Waals surface area contributed by atoms with Gasteiger partial charge in [0.15, 0.2) is 0 Å². The van der Waals surface area contributed by atoms with Crippen molar-refractivity contribution in [3.63, 3.8) is 0 Å². The zero-order chi connectivity index (χ0) is 23.3. The molecule has 1 N–H and O–H groups in total. The van der Waals surface area contributed by atoms with Gasteiger partial charge < -0.3 is 18.5 Å². The van der Waals surface area contributed by atoms with Crippen molar-refractivity contribution in [2.75, 3.05) is 7.11 Å². The number of nitrogens with one attached hydrogen (secondary N) is 1. The van der Waals surface area contributed by atoms with E-state index in [9.17, 15) is 4.79 Å². The lowest BCUT2D eigenvalue weighted by molar-refractivity contribution is -0.143. The van der Waals surface area contributed by atoms with E-state index in [0.717, 1.165) is 32.3 Å². The first-order valence-corrected chi connectivity index (χ1v) is 11.7. The molecule has 8 heteroatoms. The summed E-state index contributed by atoms with van der Waals surface area (Å²) in [4.78, 5) is 12.9. The molecule has 1 unspecified atom stereocenters. The standard InChI is InChI=1S/C24H30BNO5S/c1-14(2)21(22(27)28-7)26-32-16-9-11-18-17-10-8-15(12-19(17)29-20(18)13-16)25-30-23(3,4)24(5,6)31-25/h8-14,21,26H,1-7H3. The monoisotopic (exact) mass is 455 g/mol. The van der Waals surface area contributed by atoms with Crippen LogP contribution in [0.4, 0.5) is 0 Å². The minimum absolute atomic E-state index is 0.110. The van der Waals surface area contributed by atoms with Gasteiger partial charge in [0.25, 0.3) is 0 Å². The van der Waals surface area contributed by atoms with Crippen LogP contribution in [-0.2, 0) is 18.8 Å². The Kier molecular flexibility index (Phi) is 6.09.